The molecule has 0 radical (unpaired) electrons. The zero-order valence-electron chi connectivity index (χ0n) is 19.7. The standard InChI is InChI=1S/C27H27Cl2N3O2S/c1-16-21(14-32-8-10-34-11-9-32)17(2)30-26(16)13-20-19-12-18(6-7-25(19)31-27(20)33)35-15-22-23(28)4-3-5-24(22)29/h3-7,12-13,30H,8-11,14-15H2,1-2H3,(H,31,33)/b20-13-. The lowest BCUT2D eigenvalue weighted by atomic mass is 10.0. The molecule has 5 nitrogen and oxygen atoms in total. The molecule has 1 fully saturated rings. The normalized spacial score (nSPS) is 17.1. The Morgan fingerprint density at radius 3 is 2.57 bits per heavy atom. The molecule has 1 saturated heterocycles. The van der Waals surface area contributed by atoms with Gasteiger partial charge in [-0.2, -0.15) is 0 Å². The van der Waals surface area contributed by atoms with E-state index in [4.69, 9.17) is 27.9 Å². The highest BCUT2D eigenvalue weighted by Crippen LogP contribution is 2.38. The second kappa shape index (κ2) is 10.4. The average molecular weight is 529 g/mol. The number of ether oxygens (including phenoxy) is 1. The topological polar surface area (TPSA) is 57.4 Å². The van der Waals surface area contributed by atoms with Gasteiger partial charge < -0.3 is 15.0 Å². The van der Waals surface area contributed by atoms with Crippen LogP contribution in [0, 0.1) is 13.8 Å². The summed E-state index contributed by atoms with van der Waals surface area (Å²) in [6, 6.07) is 11.6. The van der Waals surface area contributed by atoms with E-state index in [0.29, 0.717) is 21.4 Å². The molecule has 3 aromatic rings. The van der Waals surface area contributed by atoms with E-state index in [2.05, 4.69) is 35.1 Å². The number of benzene rings is 2. The van der Waals surface area contributed by atoms with Crippen LogP contribution >= 0.6 is 35.0 Å². The summed E-state index contributed by atoms with van der Waals surface area (Å²) in [5.74, 6) is 0.565. The second-order valence-electron chi connectivity index (χ2n) is 8.86. The number of hydrogen-bond donors (Lipinski definition) is 2. The van der Waals surface area contributed by atoms with Crippen molar-refractivity contribution in [1.29, 1.82) is 0 Å². The fourth-order valence-electron chi connectivity index (χ4n) is 4.55. The van der Waals surface area contributed by atoms with Crippen LogP contribution < -0.4 is 5.32 Å². The van der Waals surface area contributed by atoms with Gasteiger partial charge in [0.1, 0.15) is 0 Å². The van der Waals surface area contributed by atoms with Crippen LogP contribution in [0.25, 0.3) is 11.6 Å². The summed E-state index contributed by atoms with van der Waals surface area (Å²) in [7, 11) is 0. The first-order valence-corrected chi connectivity index (χ1v) is 13.4. The van der Waals surface area contributed by atoms with Crippen molar-refractivity contribution in [3.05, 3.63) is 80.1 Å². The second-order valence-corrected chi connectivity index (χ2v) is 10.7. The molecule has 1 aromatic heterocycles. The summed E-state index contributed by atoms with van der Waals surface area (Å²) in [5, 5.41) is 4.32. The Balaban J connectivity index is 1.40. The zero-order chi connectivity index (χ0) is 24.5. The van der Waals surface area contributed by atoms with Gasteiger partial charge in [0.2, 0.25) is 0 Å². The van der Waals surface area contributed by atoms with Crippen LogP contribution in [0.4, 0.5) is 5.69 Å². The summed E-state index contributed by atoms with van der Waals surface area (Å²) < 4.78 is 5.48. The third kappa shape index (κ3) is 5.18. The molecule has 0 saturated carbocycles. The Bertz CT molecular complexity index is 1290. The van der Waals surface area contributed by atoms with Crippen LogP contribution in [0.2, 0.25) is 10.0 Å². The fourth-order valence-corrected chi connectivity index (χ4v) is 6.23. The first-order valence-electron chi connectivity index (χ1n) is 11.6. The van der Waals surface area contributed by atoms with Crippen LogP contribution in [-0.2, 0) is 21.8 Å². The van der Waals surface area contributed by atoms with Crippen molar-refractivity contribution < 1.29 is 9.53 Å². The van der Waals surface area contributed by atoms with Gasteiger partial charge in [-0.25, -0.2) is 0 Å². The minimum Gasteiger partial charge on any atom is -0.379 e. The van der Waals surface area contributed by atoms with E-state index in [0.717, 1.165) is 65.9 Å². The molecular formula is C27H27Cl2N3O2S. The monoisotopic (exact) mass is 527 g/mol. The number of amides is 1. The van der Waals surface area contributed by atoms with Gasteiger partial charge in [-0.05, 0) is 66.9 Å². The number of aromatic nitrogens is 1. The summed E-state index contributed by atoms with van der Waals surface area (Å²) in [6.07, 6.45) is 1.98. The highest BCUT2D eigenvalue weighted by molar-refractivity contribution is 7.98. The van der Waals surface area contributed by atoms with E-state index >= 15 is 0 Å². The largest absolute Gasteiger partial charge is 0.379 e. The van der Waals surface area contributed by atoms with Gasteiger partial charge in [-0.1, -0.05) is 29.3 Å². The van der Waals surface area contributed by atoms with Crippen molar-refractivity contribution in [2.45, 2.75) is 31.0 Å². The molecule has 8 heteroatoms. The van der Waals surface area contributed by atoms with E-state index in [1.807, 2.05) is 36.4 Å². The van der Waals surface area contributed by atoms with Gasteiger partial charge in [0.15, 0.2) is 0 Å². The number of nitrogens with one attached hydrogen (secondary N) is 2. The maximum Gasteiger partial charge on any atom is 0.256 e. The number of fused-ring (bicyclic) bond motifs is 1. The molecule has 1 amide bonds. The Morgan fingerprint density at radius 1 is 1.09 bits per heavy atom. The fraction of sp³-hybridized carbons (Fsp3) is 0.296. The third-order valence-corrected chi connectivity index (χ3v) is 8.35. The predicted octanol–water partition coefficient (Wildman–Crippen LogP) is 6.56. The Morgan fingerprint density at radius 2 is 1.83 bits per heavy atom. The van der Waals surface area contributed by atoms with E-state index in [1.165, 1.54) is 11.1 Å². The number of nitrogens with zero attached hydrogens (tertiary/aromatic N) is 1. The SMILES string of the molecule is Cc1[nH]c(/C=C2\C(=O)Nc3ccc(SCc4c(Cl)cccc4Cl)cc32)c(C)c1CN1CCOCC1. The first kappa shape index (κ1) is 24.5. The number of carbonyl (C=O) groups excluding carboxylic acids is 1. The van der Waals surface area contributed by atoms with Gasteiger partial charge in [0.25, 0.3) is 5.91 Å². The average Bonchev–Trinajstić information content (AvgIpc) is 3.29. The molecule has 0 bridgehead atoms. The van der Waals surface area contributed by atoms with Crippen LogP contribution in [0.3, 0.4) is 0 Å². The quantitative estimate of drug-likeness (QED) is 0.281. The van der Waals surface area contributed by atoms with Crippen LogP contribution in [-0.4, -0.2) is 42.1 Å². The Hall–Kier alpha value is -2.22. The van der Waals surface area contributed by atoms with Crippen LogP contribution in [0.15, 0.2) is 41.3 Å². The van der Waals surface area contributed by atoms with E-state index in [1.54, 1.807) is 11.8 Å². The highest BCUT2D eigenvalue weighted by atomic mass is 35.5. The van der Waals surface area contributed by atoms with Crippen molar-refractivity contribution in [3.8, 4) is 0 Å². The first-order chi connectivity index (χ1) is 16.9. The number of carbonyl (C=O) groups is 1. The molecular weight excluding hydrogens is 501 g/mol. The number of halogens is 2. The lowest BCUT2D eigenvalue weighted by molar-refractivity contribution is -0.110. The minimum atomic E-state index is -0.0855. The molecule has 2 N–H and O–H groups in total. The van der Waals surface area contributed by atoms with Crippen LogP contribution in [0.5, 0.6) is 0 Å². The summed E-state index contributed by atoms with van der Waals surface area (Å²) >= 11 is 14.3. The number of hydrogen-bond acceptors (Lipinski definition) is 4. The maximum atomic E-state index is 12.9. The predicted molar refractivity (Wildman–Crippen MR) is 145 cm³/mol. The van der Waals surface area contributed by atoms with Crippen molar-refractivity contribution in [2.75, 3.05) is 31.6 Å². The molecule has 3 heterocycles. The molecule has 0 unspecified atom stereocenters. The number of anilines is 1. The van der Waals surface area contributed by atoms with Crippen LogP contribution in [0.1, 0.15) is 33.6 Å². The van der Waals surface area contributed by atoms with E-state index < -0.39 is 0 Å². The maximum absolute atomic E-state index is 12.9. The van der Waals surface area contributed by atoms with Crippen molar-refractivity contribution in [1.82, 2.24) is 9.88 Å². The lowest BCUT2D eigenvalue weighted by Crippen LogP contribution is -2.35. The third-order valence-electron chi connectivity index (χ3n) is 6.62. The van der Waals surface area contributed by atoms with Gasteiger partial charge in [-0.15, -0.1) is 11.8 Å². The molecule has 2 aromatic carbocycles. The number of aryl methyl sites for hydroxylation is 1. The Labute approximate surface area is 219 Å². The molecule has 2 aliphatic rings. The van der Waals surface area contributed by atoms with Gasteiger partial charge in [-0.3, -0.25) is 9.69 Å². The highest BCUT2D eigenvalue weighted by Gasteiger charge is 2.26. The molecule has 35 heavy (non-hydrogen) atoms. The molecule has 0 spiro atoms. The van der Waals surface area contributed by atoms with E-state index in [9.17, 15) is 4.79 Å². The number of rotatable bonds is 6. The van der Waals surface area contributed by atoms with Crippen molar-refractivity contribution >= 4 is 58.2 Å². The molecule has 2 aliphatic heterocycles. The summed E-state index contributed by atoms with van der Waals surface area (Å²) in [5.41, 5.74) is 7.91. The number of H-pyrrole nitrogens is 1. The lowest BCUT2D eigenvalue weighted by Gasteiger charge is -2.26. The molecule has 5 rings (SSSR count). The summed E-state index contributed by atoms with van der Waals surface area (Å²) in [6.45, 7) is 8.54. The Kier molecular flexibility index (Phi) is 7.28. The zero-order valence-corrected chi connectivity index (χ0v) is 22.0. The minimum absolute atomic E-state index is 0.0855. The molecule has 0 atom stereocenters. The van der Waals surface area contributed by atoms with Gasteiger partial charge in [0.05, 0.1) is 18.8 Å². The van der Waals surface area contributed by atoms with Gasteiger partial charge >= 0.3 is 0 Å². The number of aromatic amines is 1. The number of morpholine rings is 1. The van der Waals surface area contributed by atoms with Crippen molar-refractivity contribution in [2.24, 2.45) is 0 Å². The van der Waals surface area contributed by atoms with Gasteiger partial charge in [0, 0.05) is 63.0 Å². The molecule has 0 aliphatic carbocycles. The smallest absolute Gasteiger partial charge is 0.256 e. The van der Waals surface area contributed by atoms with E-state index in [-0.39, 0.29) is 5.91 Å². The summed E-state index contributed by atoms with van der Waals surface area (Å²) in [4.78, 5) is 19.8. The molecule has 182 valence electrons. The number of thioether (sulfide) groups is 1. The van der Waals surface area contributed by atoms with Crippen molar-refractivity contribution in [3.63, 3.8) is 0 Å².